The predicted octanol–water partition coefficient (Wildman–Crippen LogP) is 3.99. The van der Waals surface area contributed by atoms with Gasteiger partial charge in [0.25, 0.3) is 0 Å². The molecule has 0 aromatic heterocycles. The standard InChI is InChI=1S/C32H39N3O7S/c1-5-43(38,39)35(26-14-15-29-30(18-26)42-22-41-29)21-31(36)34(20-25-12-9-13-27(16-25)40-4)28(32(37)33-19-23(2)3)17-24-10-7-6-8-11-24/h6-16,18,23,28H,5,17,19-22H2,1-4H3,(H,33,37). The van der Waals surface area contributed by atoms with Crippen molar-refractivity contribution >= 4 is 27.5 Å². The van der Waals surface area contributed by atoms with Crippen molar-refractivity contribution in [2.24, 2.45) is 5.92 Å². The third-order valence-electron chi connectivity index (χ3n) is 7.07. The number of sulfonamides is 1. The van der Waals surface area contributed by atoms with Crippen molar-refractivity contribution in [1.29, 1.82) is 0 Å². The third kappa shape index (κ3) is 8.19. The maximum atomic E-state index is 14.3. The highest BCUT2D eigenvalue weighted by Crippen LogP contribution is 2.36. The number of nitrogens with one attached hydrogen (secondary N) is 1. The average Bonchev–Trinajstić information content (AvgIpc) is 3.49. The molecule has 2 amide bonds. The molecule has 0 bridgehead atoms. The number of nitrogens with zero attached hydrogens (tertiary/aromatic N) is 2. The Morgan fingerprint density at radius 1 is 0.953 bits per heavy atom. The quantitative estimate of drug-likeness (QED) is 0.294. The lowest BCUT2D eigenvalue weighted by Crippen LogP contribution is -2.53. The Morgan fingerprint density at radius 2 is 1.67 bits per heavy atom. The summed E-state index contributed by atoms with van der Waals surface area (Å²) in [5, 5.41) is 2.98. The number of ether oxygens (including phenoxy) is 3. The molecule has 3 aromatic carbocycles. The smallest absolute Gasteiger partial charge is 0.244 e. The zero-order chi connectivity index (χ0) is 31.0. The Balaban J connectivity index is 1.75. The molecule has 230 valence electrons. The van der Waals surface area contributed by atoms with E-state index < -0.39 is 28.5 Å². The van der Waals surface area contributed by atoms with Gasteiger partial charge in [-0.25, -0.2) is 8.42 Å². The minimum atomic E-state index is -3.90. The van der Waals surface area contributed by atoms with Crippen molar-refractivity contribution in [2.45, 2.75) is 39.8 Å². The van der Waals surface area contributed by atoms with Gasteiger partial charge < -0.3 is 24.4 Å². The van der Waals surface area contributed by atoms with Crippen molar-refractivity contribution in [3.05, 3.63) is 83.9 Å². The van der Waals surface area contributed by atoms with Gasteiger partial charge in [0, 0.05) is 25.6 Å². The summed E-state index contributed by atoms with van der Waals surface area (Å²) in [6.07, 6.45) is 0.241. The van der Waals surface area contributed by atoms with E-state index in [2.05, 4.69) is 5.32 Å². The largest absolute Gasteiger partial charge is 0.497 e. The van der Waals surface area contributed by atoms with Gasteiger partial charge in [0.2, 0.25) is 28.6 Å². The second kappa shape index (κ2) is 14.3. The fourth-order valence-electron chi connectivity index (χ4n) is 4.70. The highest BCUT2D eigenvalue weighted by atomic mass is 32.2. The van der Waals surface area contributed by atoms with Gasteiger partial charge in [-0.05, 0) is 48.2 Å². The van der Waals surface area contributed by atoms with E-state index in [0.717, 1.165) is 15.4 Å². The SMILES string of the molecule is CCS(=O)(=O)N(CC(=O)N(Cc1cccc(OC)c1)C(Cc1ccccc1)C(=O)NCC(C)C)c1ccc2c(c1)OCO2. The van der Waals surface area contributed by atoms with E-state index in [9.17, 15) is 18.0 Å². The van der Waals surface area contributed by atoms with E-state index in [0.29, 0.717) is 23.8 Å². The van der Waals surface area contributed by atoms with E-state index in [1.807, 2.05) is 56.3 Å². The summed E-state index contributed by atoms with van der Waals surface area (Å²) in [5.41, 5.74) is 1.87. The molecule has 4 rings (SSSR count). The molecular weight excluding hydrogens is 570 g/mol. The molecule has 1 atom stereocenters. The van der Waals surface area contributed by atoms with Gasteiger partial charge >= 0.3 is 0 Å². The van der Waals surface area contributed by atoms with Crippen molar-refractivity contribution in [1.82, 2.24) is 10.2 Å². The summed E-state index contributed by atoms with van der Waals surface area (Å²) in [6.45, 7) is 5.50. The summed E-state index contributed by atoms with van der Waals surface area (Å²) in [5.74, 6) is 0.606. The van der Waals surface area contributed by atoms with E-state index in [4.69, 9.17) is 14.2 Å². The number of amides is 2. The number of hydrogen-bond acceptors (Lipinski definition) is 7. The Labute approximate surface area is 253 Å². The number of anilines is 1. The van der Waals surface area contributed by atoms with Crippen LogP contribution < -0.4 is 23.8 Å². The van der Waals surface area contributed by atoms with Gasteiger partial charge in [0.1, 0.15) is 18.3 Å². The molecule has 0 saturated heterocycles. The summed E-state index contributed by atoms with van der Waals surface area (Å²) in [6, 6.07) is 20.5. The molecule has 1 aliphatic rings. The Bertz CT molecular complexity index is 1510. The molecular formula is C32H39N3O7S. The fourth-order valence-corrected chi connectivity index (χ4v) is 5.76. The summed E-state index contributed by atoms with van der Waals surface area (Å²) in [4.78, 5) is 29.5. The van der Waals surface area contributed by atoms with Crippen LogP contribution in [0, 0.1) is 5.92 Å². The molecule has 1 N–H and O–H groups in total. The lowest BCUT2D eigenvalue weighted by molar-refractivity contribution is -0.140. The number of carbonyl (C=O) groups is 2. The molecule has 10 nitrogen and oxygen atoms in total. The van der Waals surface area contributed by atoms with Crippen molar-refractivity contribution in [2.75, 3.05) is 37.1 Å². The third-order valence-corrected chi connectivity index (χ3v) is 8.81. The molecule has 3 aromatic rings. The number of benzene rings is 3. The topological polar surface area (TPSA) is 114 Å². The van der Waals surface area contributed by atoms with Crippen LogP contribution >= 0.6 is 0 Å². The molecule has 11 heteroatoms. The Morgan fingerprint density at radius 3 is 2.37 bits per heavy atom. The highest BCUT2D eigenvalue weighted by Gasteiger charge is 2.34. The second-order valence-corrected chi connectivity index (χ2v) is 12.8. The van der Waals surface area contributed by atoms with Gasteiger partial charge in [-0.15, -0.1) is 0 Å². The van der Waals surface area contributed by atoms with E-state index >= 15 is 0 Å². The summed E-state index contributed by atoms with van der Waals surface area (Å²) >= 11 is 0. The molecule has 0 aliphatic carbocycles. The fraction of sp³-hybridized carbons (Fsp3) is 0.375. The zero-order valence-electron chi connectivity index (χ0n) is 25.0. The molecule has 1 aliphatic heterocycles. The van der Waals surface area contributed by atoms with Crippen LogP contribution in [0.5, 0.6) is 17.2 Å². The summed E-state index contributed by atoms with van der Waals surface area (Å²) in [7, 11) is -2.35. The maximum absolute atomic E-state index is 14.3. The van der Waals surface area contributed by atoms with E-state index in [-0.39, 0.29) is 43.0 Å². The van der Waals surface area contributed by atoms with Crippen molar-refractivity contribution < 1.29 is 32.2 Å². The minimum absolute atomic E-state index is 0.0270. The normalized spacial score (nSPS) is 13.0. The molecule has 43 heavy (non-hydrogen) atoms. The van der Waals surface area contributed by atoms with Gasteiger partial charge in [-0.3, -0.25) is 13.9 Å². The first kappa shape index (κ1) is 31.7. The second-order valence-electron chi connectivity index (χ2n) is 10.7. The molecule has 0 fully saturated rings. The highest BCUT2D eigenvalue weighted by molar-refractivity contribution is 7.92. The van der Waals surface area contributed by atoms with E-state index in [1.165, 1.54) is 11.8 Å². The van der Waals surface area contributed by atoms with Gasteiger partial charge in [-0.2, -0.15) is 0 Å². The number of carbonyl (C=O) groups excluding carboxylic acids is 2. The number of methoxy groups -OCH3 is 1. The van der Waals surface area contributed by atoms with Crippen molar-refractivity contribution in [3.63, 3.8) is 0 Å². The average molecular weight is 610 g/mol. The molecule has 0 saturated carbocycles. The van der Waals surface area contributed by atoms with Gasteiger partial charge in [-0.1, -0.05) is 56.3 Å². The van der Waals surface area contributed by atoms with Crippen LogP contribution in [0.3, 0.4) is 0 Å². The van der Waals surface area contributed by atoms with E-state index in [1.54, 1.807) is 37.4 Å². The Hall–Kier alpha value is -4.25. The van der Waals surface area contributed by atoms with Crippen LogP contribution in [-0.2, 0) is 32.6 Å². The summed E-state index contributed by atoms with van der Waals surface area (Å²) < 4.78 is 44.0. The van der Waals surface area contributed by atoms with Gasteiger partial charge in [0.15, 0.2) is 11.5 Å². The lowest BCUT2D eigenvalue weighted by Gasteiger charge is -2.34. The maximum Gasteiger partial charge on any atom is 0.244 e. The first-order chi connectivity index (χ1) is 20.6. The van der Waals surface area contributed by atoms with Crippen LogP contribution in [0.2, 0.25) is 0 Å². The monoisotopic (exact) mass is 609 g/mol. The van der Waals surface area contributed by atoms with Crippen LogP contribution in [0.1, 0.15) is 31.9 Å². The lowest BCUT2D eigenvalue weighted by atomic mass is 10.0. The first-order valence-corrected chi connectivity index (χ1v) is 15.9. The number of hydrogen-bond donors (Lipinski definition) is 1. The molecule has 0 spiro atoms. The van der Waals surface area contributed by atoms with Crippen molar-refractivity contribution in [3.8, 4) is 17.2 Å². The van der Waals surface area contributed by atoms with Gasteiger partial charge in [0.05, 0.1) is 18.6 Å². The van der Waals surface area contributed by atoms with Crippen LogP contribution in [-0.4, -0.2) is 63.9 Å². The van der Waals surface area contributed by atoms with Crippen LogP contribution in [0.15, 0.2) is 72.8 Å². The predicted molar refractivity (Wildman–Crippen MR) is 165 cm³/mol. The number of rotatable bonds is 14. The number of fused-ring (bicyclic) bond motifs is 1. The first-order valence-electron chi connectivity index (χ1n) is 14.2. The Kier molecular flexibility index (Phi) is 10.5. The van der Waals surface area contributed by atoms with Crippen LogP contribution in [0.25, 0.3) is 0 Å². The molecule has 1 unspecified atom stereocenters. The minimum Gasteiger partial charge on any atom is -0.497 e. The zero-order valence-corrected chi connectivity index (χ0v) is 25.8. The molecule has 1 heterocycles. The van der Waals surface area contributed by atoms with Crippen LogP contribution in [0.4, 0.5) is 5.69 Å². The molecule has 0 radical (unpaired) electrons.